The molecule has 0 aliphatic carbocycles. The minimum absolute atomic E-state index is 0.0195. The van der Waals surface area contributed by atoms with Crippen LogP contribution >= 0.6 is 0 Å². The van der Waals surface area contributed by atoms with Gasteiger partial charge in [0.05, 0.1) is 5.56 Å². The summed E-state index contributed by atoms with van der Waals surface area (Å²) in [6.45, 7) is 3.08. The van der Waals surface area contributed by atoms with Gasteiger partial charge in [0, 0.05) is 31.3 Å². The van der Waals surface area contributed by atoms with Gasteiger partial charge in [-0.15, -0.1) is 0 Å². The molecule has 0 aromatic heterocycles. The largest absolute Gasteiger partial charge is 0.416 e. The molecular formula is C19H19F3N2O2. The average Bonchev–Trinajstić information content (AvgIpc) is 2.56. The monoisotopic (exact) mass is 364 g/mol. The number of carbonyl (C=O) groups is 2. The van der Waals surface area contributed by atoms with E-state index in [0.29, 0.717) is 5.69 Å². The minimum Gasteiger partial charge on any atom is -0.326 e. The highest BCUT2D eigenvalue weighted by Gasteiger charge is 2.31. The lowest BCUT2D eigenvalue weighted by atomic mass is 10.1. The number of carbonyl (C=O) groups excluding carboxylic acids is 2. The van der Waals surface area contributed by atoms with Crippen LogP contribution in [0.4, 0.5) is 24.5 Å². The molecule has 0 heterocycles. The molecular weight excluding hydrogens is 345 g/mol. The van der Waals surface area contributed by atoms with Crippen LogP contribution < -0.4 is 10.2 Å². The molecule has 2 amide bonds. The highest BCUT2D eigenvalue weighted by Crippen LogP contribution is 2.31. The summed E-state index contributed by atoms with van der Waals surface area (Å²) in [7, 11) is 0. The molecule has 1 N–H and O–H groups in total. The van der Waals surface area contributed by atoms with Crippen molar-refractivity contribution in [1.29, 1.82) is 0 Å². The lowest BCUT2D eigenvalue weighted by Crippen LogP contribution is -2.32. The Hall–Kier alpha value is -2.83. The molecule has 0 aliphatic heterocycles. The van der Waals surface area contributed by atoms with Gasteiger partial charge in [-0.3, -0.25) is 9.59 Å². The van der Waals surface area contributed by atoms with Gasteiger partial charge in [-0.1, -0.05) is 24.3 Å². The van der Waals surface area contributed by atoms with E-state index in [1.807, 2.05) is 19.1 Å². The Bertz CT molecular complexity index is 803. The van der Waals surface area contributed by atoms with Crippen molar-refractivity contribution in [2.24, 2.45) is 0 Å². The second kappa shape index (κ2) is 8.03. The lowest BCUT2D eigenvalue weighted by molar-refractivity contribution is -0.137. The molecule has 0 atom stereocenters. The van der Waals surface area contributed by atoms with Gasteiger partial charge in [0.25, 0.3) is 0 Å². The zero-order valence-electron chi connectivity index (χ0n) is 14.4. The molecule has 0 radical (unpaired) electrons. The van der Waals surface area contributed by atoms with Crippen LogP contribution in [-0.4, -0.2) is 18.4 Å². The quantitative estimate of drug-likeness (QED) is 0.855. The third kappa shape index (κ3) is 5.08. The summed E-state index contributed by atoms with van der Waals surface area (Å²) < 4.78 is 38.6. The SMILES string of the molecule is CC(=O)N(CCC(=O)Nc1ccccc1C)c1cccc(C(F)(F)F)c1. The van der Waals surface area contributed by atoms with Crippen molar-refractivity contribution in [1.82, 2.24) is 0 Å². The Balaban J connectivity index is 2.08. The van der Waals surface area contributed by atoms with Crippen LogP contribution in [-0.2, 0) is 15.8 Å². The fourth-order valence-electron chi connectivity index (χ4n) is 2.46. The van der Waals surface area contributed by atoms with Crippen molar-refractivity contribution in [2.75, 3.05) is 16.8 Å². The highest BCUT2D eigenvalue weighted by molar-refractivity contribution is 5.95. The number of halogens is 3. The summed E-state index contributed by atoms with van der Waals surface area (Å²) in [5, 5.41) is 2.73. The van der Waals surface area contributed by atoms with Gasteiger partial charge in [0.2, 0.25) is 11.8 Å². The molecule has 0 spiro atoms. The van der Waals surface area contributed by atoms with Crippen molar-refractivity contribution in [3.63, 3.8) is 0 Å². The maximum atomic E-state index is 12.9. The number of anilines is 2. The maximum Gasteiger partial charge on any atom is 0.416 e. The smallest absolute Gasteiger partial charge is 0.326 e. The van der Waals surface area contributed by atoms with Crippen LogP contribution in [0.1, 0.15) is 24.5 Å². The van der Waals surface area contributed by atoms with Crippen LogP contribution in [0.3, 0.4) is 0 Å². The van der Waals surface area contributed by atoms with Crippen molar-refractivity contribution >= 4 is 23.2 Å². The number of rotatable bonds is 5. The first kappa shape index (κ1) is 19.5. The number of hydrogen-bond acceptors (Lipinski definition) is 2. The normalized spacial score (nSPS) is 11.1. The second-order valence-electron chi connectivity index (χ2n) is 5.83. The molecule has 26 heavy (non-hydrogen) atoms. The summed E-state index contributed by atoms with van der Waals surface area (Å²) in [6, 6.07) is 11.7. The molecule has 0 saturated carbocycles. The van der Waals surface area contributed by atoms with Crippen LogP contribution in [0.5, 0.6) is 0 Å². The molecule has 0 unspecified atom stereocenters. The molecule has 0 fully saturated rings. The van der Waals surface area contributed by atoms with Gasteiger partial charge >= 0.3 is 6.18 Å². The summed E-state index contributed by atoms with van der Waals surface area (Å²) >= 11 is 0. The van der Waals surface area contributed by atoms with Crippen LogP contribution in [0.25, 0.3) is 0 Å². The van der Waals surface area contributed by atoms with Gasteiger partial charge in [-0.25, -0.2) is 0 Å². The van der Waals surface area contributed by atoms with Crippen molar-refractivity contribution in [3.8, 4) is 0 Å². The van der Waals surface area contributed by atoms with Crippen molar-refractivity contribution in [3.05, 3.63) is 59.7 Å². The maximum absolute atomic E-state index is 12.9. The van der Waals surface area contributed by atoms with Crippen LogP contribution in [0, 0.1) is 6.92 Å². The van der Waals surface area contributed by atoms with E-state index in [1.54, 1.807) is 12.1 Å². The predicted molar refractivity (Wildman–Crippen MR) is 93.9 cm³/mol. The zero-order valence-corrected chi connectivity index (χ0v) is 14.4. The molecule has 0 saturated heterocycles. The molecule has 2 aromatic rings. The van der Waals surface area contributed by atoms with Crippen molar-refractivity contribution < 1.29 is 22.8 Å². The van der Waals surface area contributed by atoms with E-state index >= 15 is 0 Å². The summed E-state index contributed by atoms with van der Waals surface area (Å²) in [5.74, 6) is -0.759. The first-order valence-electron chi connectivity index (χ1n) is 7.99. The van der Waals surface area contributed by atoms with Gasteiger partial charge in [0.1, 0.15) is 0 Å². The fourth-order valence-corrected chi connectivity index (χ4v) is 2.46. The number of aryl methyl sites for hydroxylation is 1. The van der Waals surface area contributed by atoms with E-state index in [9.17, 15) is 22.8 Å². The molecule has 4 nitrogen and oxygen atoms in total. The fraction of sp³-hybridized carbons (Fsp3) is 0.263. The Labute approximate surface area is 149 Å². The Morgan fingerprint density at radius 2 is 1.77 bits per heavy atom. The minimum atomic E-state index is -4.50. The van der Waals surface area contributed by atoms with Crippen molar-refractivity contribution in [2.45, 2.75) is 26.4 Å². The standard InChI is InChI=1S/C19H19F3N2O2/c1-13-6-3-4-9-17(13)23-18(26)10-11-24(14(2)25)16-8-5-7-15(12-16)19(20,21)22/h3-9,12H,10-11H2,1-2H3,(H,23,26). The van der Waals surface area contributed by atoms with Crippen LogP contribution in [0.2, 0.25) is 0 Å². The molecule has 2 rings (SSSR count). The van der Waals surface area contributed by atoms with E-state index in [2.05, 4.69) is 5.32 Å². The number of para-hydroxylation sites is 1. The number of benzene rings is 2. The van der Waals surface area contributed by atoms with E-state index < -0.39 is 17.6 Å². The predicted octanol–water partition coefficient (Wildman–Crippen LogP) is 4.40. The van der Waals surface area contributed by atoms with Gasteiger partial charge < -0.3 is 10.2 Å². The first-order valence-corrected chi connectivity index (χ1v) is 7.99. The van der Waals surface area contributed by atoms with E-state index in [4.69, 9.17) is 0 Å². The van der Waals surface area contributed by atoms with Gasteiger partial charge in [-0.2, -0.15) is 13.2 Å². The van der Waals surface area contributed by atoms with Crippen LogP contribution in [0.15, 0.2) is 48.5 Å². The van der Waals surface area contributed by atoms with Gasteiger partial charge in [0.15, 0.2) is 0 Å². The molecule has 7 heteroatoms. The number of amides is 2. The average molecular weight is 364 g/mol. The number of nitrogens with one attached hydrogen (secondary N) is 1. The first-order chi connectivity index (χ1) is 12.2. The molecule has 138 valence electrons. The lowest BCUT2D eigenvalue weighted by Gasteiger charge is -2.22. The third-order valence-electron chi connectivity index (χ3n) is 3.85. The number of nitrogens with zero attached hydrogens (tertiary/aromatic N) is 1. The third-order valence-corrected chi connectivity index (χ3v) is 3.85. The second-order valence-corrected chi connectivity index (χ2v) is 5.83. The van der Waals surface area contributed by atoms with E-state index in [1.165, 1.54) is 19.1 Å². The summed E-state index contributed by atoms with van der Waals surface area (Å²) in [6.07, 6.45) is -4.54. The topological polar surface area (TPSA) is 49.4 Å². The Morgan fingerprint density at radius 1 is 1.08 bits per heavy atom. The Morgan fingerprint density at radius 3 is 2.38 bits per heavy atom. The van der Waals surface area contributed by atoms with E-state index in [0.717, 1.165) is 22.6 Å². The molecule has 2 aromatic carbocycles. The summed E-state index contributed by atoms with van der Waals surface area (Å²) in [4.78, 5) is 25.1. The number of hydrogen-bond donors (Lipinski definition) is 1. The zero-order chi connectivity index (χ0) is 19.3. The number of alkyl halides is 3. The highest BCUT2D eigenvalue weighted by atomic mass is 19.4. The van der Waals surface area contributed by atoms with Gasteiger partial charge in [-0.05, 0) is 36.8 Å². The summed E-state index contributed by atoms with van der Waals surface area (Å²) in [5.41, 5.74) is 0.815. The van der Waals surface area contributed by atoms with E-state index in [-0.39, 0.29) is 24.6 Å². The Kier molecular flexibility index (Phi) is 6.02. The molecule has 0 bridgehead atoms. The molecule has 0 aliphatic rings.